The first-order valence-corrected chi connectivity index (χ1v) is 9.34. The summed E-state index contributed by atoms with van der Waals surface area (Å²) in [5.41, 5.74) is 4.42. The molecule has 1 atom stereocenters. The summed E-state index contributed by atoms with van der Waals surface area (Å²) >= 11 is 0. The molecule has 0 saturated heterocycles. The Kier molecular flexibility index (Phi) is 6.09. The number of nitrogens with one attached hydrogen (secondary N) is 2. The van der Waals surface area contributed by atoms with Crippen molar-refractivity contribution in [3.05, 3.63) is 82.9 Å². The van der Waals surface area contributed by atoms with Crippen LogP contribution in [-0.4, -0.2) is 21.9 Å². The predicted molar refractivity (Wildman–Crippen MR) is 108 cm³/mol. The molecule has 6 heteroatoms. The molecule has 0 spiro atoms. The van der Waals surface area contributed by atoms with Crippen LogP contribution >= 0.6 is 0 Å². The molecule has 0 fully saturated rings. The van der Waals surface area contributed by atoms with Crippen molar-refractivity contribution in [1.82, 2.24) is 20.4 Å². The fraction of sp³-hybridized carbons (Fsp3) is 0.273. The van der Waals surface area contributed by atoms with E-state index in [-0.39, 0.29) is 17.9 Å². The van der Waals surface area contributed by atoms with Gasteiger partial charge < -0.3 is 10.6 Å². The van der Waals surface area contributed by atoms with Crippen LogP contribution in [0.5, 0.6) is 0 Å². The molecule has 2 amide bonds. The number of nitrogens with zero attached hydrogens (tertiary/aromatic N) is 2. The summed E-state index contributed by atoms with van der Waals surface area (Å²) in [5.74, 6) is -0.254. The van der Waals surface area contributed by atoms with E-state index < -0.39 is 0 Å². The predicted octanol–water partition coefficient (Wildman–Crippen LogP) is 4.06. The van der Waals surface area contributed by atoms with Crippen LogP contribution in [0.2, 0.25) is 0 Å². The van der Waals surface area contributed by atoms with Gasteiger partial charge >= 0.3 is 6.03 Å². The third kappa shape index (κ3) is 4.57. The van der Waals surface area contributed by atoms with Gasteiger partial charge in [-0.15, -0.1) is 0 Å². The number of carbonyl (C=O) groups excluding carboxylic acids is 1. The number of urea groups is 1. The highest BCUT2D eigenvalue weighted by atomic mass is 19.1. The van der Waals surface area contributed by atoms with Crippen molar-refractivity contribution >= 4 is 6.03 Å². The molecule has 0 radical (unpaired) electrons. The van der Waals surface area contributed by atoms with Gasteiger partial charge in [-0.2, -0.15) is 5.10 Å². The number of hydrogen-bond acceptors (Lipinski definition) is 2. The van der Waals surface area contributed by atoms with Crippen molar-refractivity contribution in [2.45, 2.75) is 39.8 Å². The lowest BCUT2D eigenvalue weighted by Crippen LogP contribution is -2.41. The zero-order chi connectivity index (χ0) is 20.1. The van der Waals surface area contributed by atoms with Gasteiger partial charge in [-0.25, -0.2) is 13.9 Å². The first-order chi connectivity index (χ1) is 13.5. The highest BCUT2D eigenvalue weighted by Crippen LogP contribution is 2.17. The van der Waals surface area contributed by atoms with Gasteiger partial charge in [0.2, 0.25) is 0 Å². The summed E-state index contributed by atoms with van der Waals surface area (Å²) in [5, 5.41) is 10.3. The van der Waals surface area contributed by atoms with Crippen LogP contribution in [0.4, 0.5) is 9.18 Å². The Morgan fingerprint density at radius 3 is 2.50 bits per heavy atom. The van der Waals surface area contributed by atoms with Crippen LogP contribution in [0.1, 0.15) is 29.4 Å². The smallest absolute Gasteiger partial charge is 0.315 e. The van der Waals surface area contributed by atoms with Crippen molar-refractivity contribution in [3.8, 4) is 5.69 Å². The molecular formula is C22H25FN4O. The van der Waals surface area contributed by atoms with Crippen LogP contribution in [0.15, 0.2) is 54.6 Å². The number of benzene rings is 2. The minimum absolute atomic E-state index is 0.189. The van der Waals surface area contributed by atoms with E-state index in [1.165, 1.54) is 6.07 Å². The normalized spacial score (nSPS) is 11.9. The molecule has 1 aromatic heterocycles. The summed E-state index contributed by atoms with van der Waals surface area (Å²) in [6.07, 6.45) is 0.435. The molecule has 3 aromatic rings. The largest absolute Gasteiger partial charge is 0.335 e. The highest BCUT2D eigenvalue weighted by Gasteiger charge is 2.15. The number of rotatable bonds is 6. The van der Waals surface area contributed by atoms with Crippen LogP contribution in [0.25, 0.3) is 5.69 Å². The van der Waals surface area contributed by atoms with E-state index in [2.05, 4.69) is 15.7 Å². The molecule has 3 rings (SSSR count). The van der Waals surface area contributed by atoms with Gasteiger partial charge in [0.05, 0.1) is 11.4 Å². The van der Waals surface area contributed by atoms with E-state index in [1.54, 1.807) is 18.2 Å². The lowest BCUT2D eigenvalue weighted by Gasteiger charge is -2.15. The molecule has 5 nitrogen and oxygen atoms in total. The summed E-state index contributed by atoms with van der Waals surface area (Å²) in [6.45, 7) is 6.16. The van der Waals surface area contributed by atoms with Gasteiger partial charge in [-0.05, 0) is 51.0 Å². The average Bonchev–Trinajstić information content (AvgIpc) is 2.96. The standard InChI is InChI=1S/C22H25FN4O/c1-15(13-18-9-7-8-12-21(18)23)25-22(28)24-14-20-16(2)26-27(17(20)3)19-10-5-4-6-11-19/h4-12,15H,13-14H2,1-3H3,(H2,24,25,28). The van der Waals surface area contributed by atoms with Crippen LogP contribution in [-0.2, 0) is 13.0 Å². The number of aryl methyl sites for hydroxylation is 1. The van der Waals surface area contributed by atoms with E-state index in [1.807, 2.05) is 55.8 Å². The quantitative estimate of drug-likeness (QED) is 0.678. The topological polar surface area (TPSA) is 59.0 Å². The van der Waals surface area contributed by atoms with Gasteiger partial charge in [0.15, 0.2) is 0 Å². The summed E-state index contributed by atoms with van der Waals surface area (Å²) in [7, 11) is 0. The molecule has 28 heavy (non-hydrogen) atoms. The van der Waals surface area contributed by atoms with Crippen molar-refractivity contribution in [3.63, 3.8) is 0 Å². The van der Waals surface area contributed by atoms with E-state index in [0.29, 0.717) is 18.5 Å². The zero-order valence-corrected chi connectivity index (χ0v) is 16.4. The monoisotopic (exact) mass is 380 g/mol. The third-order valence-corrected chi connectivity index (χ3v) is 4.73. The number of aromatic nitrogens is 2. The fourth-order valence-electron chi connectivity index (χ4n) is 3.24. The van der Waals surface area contributed by atoms with Gasteiger partial charge in [-0.1, -0.05) is 36.4 Å². The van der Waals surface area contributed by atoms with Crippen LogP contribution in [0.3, 0.4) is 0 Å². The molecule has 0 saturated carbocycles. The molecule has 0 aliphatic rings. The van der Waals surface area contributed by atoms with Crippen molar-refractivity contribution in [1.29, 1.82) is 0 Å². The van der Waals surface area contributed by atoms with Gasteiger partial charge in [0.1, 0.15) is 5.82 Å². The van der Waals surface area contributed by atoms with E-state index in [9.17, 15) is 9.18 Å². The lowest BCUT2D eigenvalue weighted by molar-refractivity contribution is 0.237. The number of hydrogen-bond donors (Lipinski definition) is 2. The minimum atomic E-state index is -0.282. The fourth-order valence-corrected chi connectivity index (χ4v) is 3.24. The lowest BCUT2D eigenvalue weighted by atomic mass is 10.1. The third-order valence-electron chi connectivity index (χ3n) is 4.73. The van der Waals surface area contributed by atoms with E-state index >= 15 is 0 Å². The first-order valence-electron chi connectivity index (χ1n) is 9.34. The Bertz CT molecular complexity index is 952. The number of carbonyl (C=O) groups is 1. The summed E-state index contributed by atoms with van der Waals surface area (Å²) in [4.78, 5) is 12.3. The van der Waals surface area contributed by atoms with Crippen molar-refractivity contribution < 1.29 is 9.18 Å². The summed E-state index contributed by atoms with van der Waals surface area (Å²) in [6, 6.07) is 16.0. The van der Waals surface area contributed by atoms with Crippen LogP contribution in [0, 0.1) is 19.7 Å². The molecule has 2 N–H and O–H groups in total. The second-order valence-corrected chi connectivity index (χ2v) is 6.92. The maximum absolute atomic E-state index is 13.8. The zero-order valence-electron chi connectivity index (χ0n) is 16.4. The molecule has 1 unspecified atom stereocenters. The molecule has 0 bridgehead atoms. The Morgan fingerprint density at radius 1 is 1.11 bits per heavy atom. The van der Waals surface area contributed by atoms with Gasteiger partial charge in [0.25, 0.3) is 0 Å². The number of halogens is 1. The molecular weight excluding hydrogens is 355 g/mol. The Labute approximate surface area is 164 Å². The summed E-state index contributed by atoms with van der Waals surface area (Å²) < 4.78 is 15.6. The van der Waals surface area contributed by atoms with Crippen molar-refractivity contribution in [2.75, 3.05) is 0 Å². The molecule has 2 aromatic carbocycles. The van der Waals surface area contributed by atoms with E-state index in [4.69, 9.17) is 0 Å². The highest BCUT2D eigenvalue weighted by molar-refractivity contribution is 5.74. The van der Waals surface area contributed by atoms with Gasteiger partial charge in [0, 0.05) is 23.8 Å². The number of para-hydroxylation sites is 1. The van der Waals surface area contributed by atoms with Crippen molar-refractivity contribution in [2.24, 2.45) is 0 Å². The Morgan fingerprint density at radius 2 is 1.79 bits per heavy atom. The average molecular weight is 380 g/mol. The maximum atomic E-state index is 13.8. The minimum Gasteiger partial charge on any atom is -0.335 e. The molecule has 0 aliphatic carbocycles. The second-order valence-electron chi connectivity index (χ2n) is 6.92. The molecule has 0 aliphatic heterocycles. The molecule has 146 valence electrons. The van der Waals surface area contributed by atoms with E-state index in [0.717, 1.165) is 22.6 Å². The Balaban J connectivity index is 1.59. The Hall–Kier alpha value is -3.15. The molecule has 1 heterocycles. The second kappa shape index (κ2) is 8.69. The maximum Gasteiger partial charge on any atom is 0.315 e. The first kappa shape index (κ1) is 19.6. The van der Waals surface area contributed by atoms with Gasteiger partial charge in [-0.3, -0.25) is 0 Å². The van der Waals surface area contributed by atoms with Crippen LogP contribution < -0.4 is 10.6 Å². The SMILES string of the molecule is Cc1nn(-c2ccccc2)c(C)c1CNC(=O)NC(C)Cc1ccccc1F. The number of amides is 2.